The van der Waals surface area contributed by atoms with Gasteiger partial charge in [-0.1, -0.05) is 0 Å². The molecule has 1 aromatic rings. The first-order valence-corrected chi connectivity index (χ1v) is 7.81. The molecule has 0 bridgehead atoms. The normalized spacial score (nSPS) is 27.2. The molecule has 4 atom stereocenters. The molecule has 3 rings (SSSR count). The Morgan fingerprint density at radius 2 is 1.96 bits per heavy atom. The van der Waals surface area contributed by atoms with Crippen molar-refractivity contribution in [3.05, 3.63) is 39.9 Å². The number of rotatable bonds is 6. The van der Waals surface area contributed by atoms with Crippen LogP contribution >= 0.6 is 0 Å². The summed E-state index contributed by atoms with van der Waals surface area (Å²) in [6.45, 7) is 2.10. The quantitative estimate of drug-likeness (QED) is 0.340. The van der Waals surface area contributed by atoms with E-state index in [-0.39, 0.29) is 41.1 Å². The number of ether oxygens (including phenoxy) is 1. The van der Waals surface area contributed by atoms with Crippen LogP contribution in [0.4, 0.5) is 5.69 Å². The van der Waals surface area contributed by atoms with Gasteiger partial charge >= 0.3 is 11.9 Å². The van der Waals surface area contributed by atoms with Gasteiger partial charge in [-0.2, -0.15) is 4.89 Å². The molecule has 2 aliphatic rings. The molecule has 1 unspecified atom stereocenters. The van der Waals surface area contributed by atoms with Gasteiger partial charge in [0.05, 0.1) is 23.0 Å². The molecule has 0 aliphatic heterocycles. The first-order valence-electron chi connectivity index (χ1n) is 7.81. The molecule has 0 radical (unpaired) electrons. The van der Waals surface area contributed by atoms with Crippen molar-refractivity contribution >= 4 is 17.6 Å². The van der Waals surface area contributed by atoms with E-state index < -0.39 is 10.9 Å². The maximum absolute atomic E-state index is 11.9. The highest BCUT2D eigenvalue weighted by atomic mass is 17.2. The molecule has 2 saturated carbocycles. The first-order chi connectivity index (χ1) is 11.5. The second kappa shape index (κ2) is 6.56. The number of nitrogens with zero attached hydrogens (tertiary/aromatic N) is 1. The number of carbonyl (C=O) groups excluding carboxylic acids is 2. The van der Waals surface area contributed by atoms with Crippen LogP contribution in [0.1, 0.15) is 30.1 Å². The third kappa shape index (κ3) is 3.09. The van der Waals surface area contributed by atoms with Gasteiger partial charge in [-0.3, -0.25) is 19.8 Å². The van der Waals surface area contributed by atoms with E-state index >= 15 is 0 Å². The van der Waals surface area contributed by atoms with Crippen LogP contribution < -0.4 is 0 Å². The molecule has 0 saturated heterocycles. The lowest BCUT2D eigenvalue weighted by Gasteiger charge is -2.13. The van der Waals surface area contributed by atoms with Crippen molar-refractivity contribution in [1.82, 2.24) is 0 Å². The molecule has 1 aromatic carbocycles. The Morgan fingerprint density at radius 3 is 2.58 bits per heavy atom. The van der Waals surface area contributed by atoms with Crippen molar-refractivity contribution in [3.8, 4) is 0 Å². The van der Waals surface area contributed by atoms with Gasteiger partial charge in [-0.05, 0) is 37.8 Å². The van der Waals surface area contributed by atoms with Crippen molar-refractivity contribution in [2.45, 2.75) is 25.9 Å². The van der Waals surface area contributed by atoms with Crippen LogP contribution in [0.25, 0.3) is 0 Å². The third-order valence-corrected chi connectivity index (χ3v) is 4.56. The highest BCUT2D eigenvalue weighted by Gasteiger charge is 2.63. The monoisotopic (exact) mass is 335 g/mol. The molecule has 0 N–H and O–H groups in total. The predicted molar refractivity (Wildman–Crippen MR) is 79.7 cm³/mol. The SMILES string of the molecule is CCOC(=O)C1[C@H]2[C@H](OOC(=O)c3ccc([N+](=O)[O-])cc3)CC[C@@H]12. The Balaban J connectivity index is 1.52. The number of nitro groups is 1. The van der Waals surface area contributed by atoms with Crippen LogP contribution in [-0.2, 0) is 19.3 Å². The fourth-order valence-corrected chi connectivity index (χ4v) is 3.38. The average Bonchev–Trinajstić information content (AvgIpc) is 3.16. The van der Waals surface area contributed by atoms with Crippen LogP contribution in [-0.4, -0.2) is 29.6 Å². The summed E-state index contributed by atoms with van der Waals surface area (Å²) in [7, 11) is 0. The summed E-state index contributed by atoms with van der Waals surface area (Å²) in [6.07, 6.45) is 1.25. The van der Waals surface area contributed by atoms with Gasteiger partial charge in [0.1, 0.15) is 6.10 Å². The molecule has 0 amide bonds. The Kier molecular flexibility index (Phi) is 4.48. The highest BCUT2D eigenvalue weighted by molar-refractivity contribution is 5.89. The molecular formula is C16H17NO7. The molecule has 8 heteroatoms. The van der Waals surface area contributed by atoms with Crippen LogP contribution in [0.3, 0.4) is 0 Å². The van der Waals surface area contributed by atoms with E-state index in [0.29, 0.717) is 6.61 Å². The van der Waals surface area contributed by atoms with E-state index in [1.54, 1.807) is 6.92 Å². The number of carbonyl (C=O) groups is 2. The van der Waals surface area contributed by atoms with Crippen molar-refractivity contribution in [1.29, 1.82) is 0 Å². The number of benzene rings is 1. The number of fused-ring (bicyclic) bond motifs is 1. The Morgan fingerprint density at radius 1 is 1.25 bits per heavy atom. The number of non-ortho nitro benzene ring substituents is 1. The van der Waals surface area contributed by atoms with Crippen LogP contribution in [0, 0.1) is 27.9 Å². The maximum atomic E-state index is 11.9. The summed E-state index contributed by atoms with van der Waals surface area (Å²) in [4.78, 5) is 43.8. The van der Waals surface area contributed by atoms with Gasteiger partial charge in [-0.25, -0.2) is 4.79 Å². The zero-order valence-corrected chi connectivity index (χ0v) is 13.0. The maximum Gasteiger partial charge on any atom is 0.373 e. The molecule has 2 aliphatic carbocycles. The molecule has 24 heavy (non-hydrogen) atoms. The minimum atomic E-state index is -0.721. The highest BCUT2D eigenvalue weighted by Crippen LogP contribution is 2.59. The Hall–Kier alpha value is -2.48. The summed E-state index contributed by atoms with van der Waals surface area (Å²) in [5.74, 6) is -0.827. The lowest BCUT2D eigenvalue weighted by Crippen LogP contribution is -2.20. The first kappa shape index (κ1) is 16.4. The predicted octanol–water partition coefficient (Wildman–Crippen LogP) is 2.27. The molecule has 0 spiro atoms. The minimum Gasteiger partial charge on any atom is -0.466 e. The third-order valence-electron chi connectivity index (χ3n) is 4.56. The second-order valence-corrected chi connectivity index (χ2v) is 5.91. The summed E-state index contributed by atoms with van der Waals surface area (Å²) in [6, 6.07) is 5.05. The number of nitro benzene ring substituents is 1. The molecule has 2 fully saturated rings. The lowest BCUT2D eigenvalue weighted by molar-refractivity contribution is -0.384. The summed E-state index contributed by atoms with van der Waals surface area (Å²) < 4.78 is 5.02. The second-order valence-electron chi connectivity index (χ2n) is 5.91. The van der Waals surface area contributed by atoms with Gasteiger partial charge in [0.2, 0.25) is 0 Å². The fourth-order valence-electron chi connectivity index (χ4n) is 3.38. The Labute approximate surface area is 137 Å². The largest absolute Gasteiger partial charge is 0.466 e. The lowest BCUT2D eigenvalue weighted by atomic mass is 10.1. The number of hydrogen-bond donors (Lipinski definition) is 0. The zero-order chi connectivity index (χ0) is 17.3. The van der Waals surface area contributed by atoms with E-state index in [1.807, 2.05) is 0 Å². The van der Waals surface area contributed by atoms with E-state index in [0.717, 1.165) is 12.8 Å². The molecule has 0 heterocycles. The minimum absolute atomic E-state index is 0.0358. The van der Waals surface area contributed by atoms with Gasteiger partial charge in [0.25, 0.3) is 5.69 Å². The van der Waals surface area contributed by atoms with E-state index in [4.69, 9.17) is 14.5 Å². The van der Waals surface area contributed by atoms with Gasteiger partial charge in [0.15, 0.2) is 0 Å². The number of esters is 1. The standard InChI is InChI=1S/C16H17NO7/c1-2-22-16(19)14-11-7-8-12(13(11)14)23-24-15(18)9-3-5-10(6-4-9)17(20)21/h3-6,11-14H,2,7-8H2,1H3/t11-,12-,13-,14?/m1/s1. The van der Waals surface area contributed by atoms with Crippen LogP contribution in [0.15, 0.2) is 24.3 Å². The van der Waals surface area contributed by atoms with Crippen LogP contribution in [0.2, 0.25) is 0 Å². The molecule has 128 valence electrons. The number of hydrogen-bond acceptors (Lipinski definition) is 7. The van der Waals surface area contributed by atoms with E-state index in [9.17, 15) is 19.7 Å². The summed E-state index contributed by atoms with van der Waals surface area (Å²) in [5.41, 5.74) is 0.0502. The molecular weight excluding hydrogens is 318 g/mol. The van der Waals surface area contributed by atoms with Gasteiger partial charge < -0.3 is 4.74 Å². The Bertz CT molecular complexity index is 657. The smallest absolute Gasteiger partial charge is 0.373 e. The van der Waals surface area contributed by atoms with E-state index in [1.165, 1.54) is 24.3 Å². The van der Waals surface area contributed by atoms with Crippen molar-refractivity contribution in [2.75, 3.05) is 6.61 Å². The topological polar surface area (TPSA) is 105 Å². The summed E-state index contributed by atoms with van der Waals surface area (Å²) in [5, 5.41) is 10.6. The van der Waals surface area contributed by atoms with Crippen LogP contribution in [0.5, 0.6) is 0 Å². The van der Waals surface area contributed by atoms with E-state index in [2.05, 4.69) is 0 Å². The summed E-state index contributed by atoms with van der Waals surface area (Å²) >= 11 is 0. The van der Waals surface area contributed by atoms with Gasteiger partial charge in [-0.15, -0.1) is 0 Å². The van der Waals surface area contributed by atoms with Crippen molar-refractivity contribution in [3.63, 3.8) is 0 Å². The van der Waals surface area contributed by atoms with Gasteiger partial charge in [0, 0.05) is 18.1 Å². The van der Waals surface area contributed by atoms with Crippen molar-refractivity contribution in [2.24, 2.45) is 17.8 Å². The van der Waals surface area contributed by atoms with Crippen molar-refractivity contribution < 1.29 is 29.0 Å². The fraction of sp³-hybridized carbons (Fsp3) is 0.500. The zero-order valence-electron chi connectivity index (χ0n) is 13.0. The molecule has 0 aromatic heterocycles. The molecule has 8 nitrogen and oxygen atoms in total. The average molecular weight is 335 g/mol.